The zero-order chi connectivity index (χ0) is 20.0. The predicted molar refractivity (Wildman–Crippen MR) is 112 cm³/mol. The van der Waals surface area contributed by atoms with Gasteiger partial charge in [-0.15, -0.1) is 10.2 Å². The number of sulfonamides is 1. The summed E-state index contributed by atoms with van der Waals surface area (Å²) in [6.45, 7) is 11.0. The van der Waals surface area contributed by atoms with Gasteiger partial charge in [0.05, 0.1) is 4.90 Å². The Hall–Kier alpha value is -1.38. The van der Waals surface area contributed by atoms with Crippen molar-refractivity contribution in [1.82, 2.24) is 19.1 Å². The minimum atomic E-state index is -3.51. The lowest BCUT2D eigenvalue weighted by molar-refractivity contribution is 0.445. The molecule has 0 fully saturated rings. The molecule has 2 rings (SSSR count). The molecular formula is C19H30N4O2S2. The number of nitrogens with zero attached hydrogens (tertiary/aromatic N) is 4. The summed E-state index contributed by atoms with van der Waals surface area (Å²) in [6.07, 6.45) is 2.01. The normalized spacial score (nSPS) is 13.3. The number of aromatic nitrogens is 3. The van der Waals surface area contributed by atoms with Crippen molar-refractivity contribution in [2.75, 3.05) is 18.8 Å². The smallest absolute Gasteiger partial charge is 0.243 e. The van der Waals surface area contributed by atoms with E-state index in [4.69, 9.17) is 0 Å². The molecule has 150 valence electrons. The Morgan fingerprint density at radius 3 is 2.44 bits per heavy atom. The zero-order valence-electron chi connectivity index (χ0n) is 16.8. The van der Waals surface area contributed by atoms with Crippen LogP contribution >= 0.6 is 11.8 Å². The molecule has 0 saturated carbocycles. The minimum absolute atomic E-state index is 0.234. The van der Waals surface area contributed by atoms with Gasteiger partial charge in [-0.2, -0.15) is 4.31 Å². The Kier molecular flexibility index (Phi) is 7.88. The monoisotopic (exact) mass is 410 g/mol. The summed E-state index contributed by atoms with van der Waals surface area (Å²) >= 11 is 1.69. The summed E-state index contributed by atoms with van der Waals surface area (Å²) in [7, 11) is -3.51. The second-order valence-corrected chi connectivity index (χ2v) is 9.40. The average Bonchev–Trinajstić information content (AvgIpc) is 3.10. The van der Waals surface area contributed by atoms with Crippen molar-refractivity contribution < 1.29 is 8.42 Å². The lowest BCUT2D eigenvalue weighted by Crippen LogP contribution is -2.30. The molecule has 0 N–H and O–H groups in total. The van der Waals surface area contributed by atoms with E-state index in [1.165, 1.54) is 4.31 Å². The fourth-order valence-corrected chi connectivity index (χ4v) is 5.25. The van der Waals surface area contributed by atoms with Gasteiger partial charge in [-0.05, 0) is 31.9 Å². The van der Waals surface area contributed by atoms with E-state index in [9.17, 15) is 8.42 Å². The predicted octanol–water partition coefficient (Wildman–Crippen LogP) is 4.45. The highest BCUT2D eigenvalue weighted by Crippen LogP contribution is 2.30. The van der Waals surface area contributed by atoms with Crippen LogP contribution in [0.3, 0.4) is 0 Å². The number of hydrogen-bond acceptors (Lipinski definition) is 5. The molecule has 2 aromatic rings. The Morgan fingerprint density at radius 1 is 1.15 bits per heavy atom. The van der Waals surface area contributed by atoms with E-state index >= 15 is 0 Å². The molecule has 1 aromatic carbocycles. The third-order valence-electron chi connectivity index (χ3n) is 4.57. The molecular weight excluding hydrogens is 380 g/mol. The molecule has 1 heterocycles. The molecule has 0 spiro atoms. The summed E-state index contributed by atoms with van der Waals surface area (Å²) in [5.41, 5.74) is 0.777. The molecule has 0 radical (unpaired) electrons. The summed E-state index contributed by atoms with van der Waals surface area (Å²) in [5, 5.41) is 9.66. The number of benzene rings is 1. The SMILES string of the molecule is CCCSc1nnc(-c2cccc(S(=O)(=O)N(CC)CC)c2)n1C(C)CC. The van der Waals surface area contributed by atoms with Crippen LogP contribution < -0.4 is 0 Å². The molecule has 8 heteroatoms. The van der Waals surface area contributed by atoms with Crippen LogP contribution in [0.25, 0.3) is 11.4 Å². The van der Waals surface area contributed by atoms with Gasteiger partial charge in [-0.1, -0.05) is 51.6 Å². The second-order valence-electron chi connectivity index (χ2n) is 6.40. The van der Waals surface area contributed by atoms with Gasteiger partial charge in [0.1, 0.15) is 0 Å². The Bertz CT molecular complexity index is 845. The molecule has 1 aromatic heterocycles. The van der Waals surface area contributed by atoms with Crippen LogP contribution in [0.15, 0.2) is 34.3 Å². The molecule has 1 unspecified atom stereocenters. The van der Waals surface area contributed by atoms with E-state index in [2.05, 4.69) is 35.5 Å². The number of thioether (sulfide) groups is 1. The molecule has 0 aliphatic heterocycles. The second kappa shape index (κ2) is 9.71. The maximum absolute atomic E-state index is 12.9. The van der Waals surface area contributed by atoms with Gasteiger partial charge in [0.2, 0.25) is 10.0 Å². The first-order chi connectivity index (χ1) is 12.9. The van der Waals surface area contributed by atoms with Gasteiger partial charge in [0, 0.05) is 30.4 Å². The minimum Gasteiger partial charge on any atom is -0.299 e. The van der Waals surface area contributed by atoms with Crippen LogP contribution in [0.4, 0.5) is 0 Å². The topological polar surface area (TPSA) is 68.1 Å². The molecule has 0 amide bonds. The van der Waals surface area contributed by atoms with Crippen LogP contribution in [0.2, 0.25) is 0 Å². The summed E-state index contributed by atoms with van der Waals surface area (Å²) < 4.78 is 29.4. The maximum Gasteiger partial charge on any atom is 0.243 e. The Balaban J connectivity index is 2.52. The maximum atomic E-state index is 12.9. The molecule has 0 aliphatic rings. The van der Waals surface area contributed by atoms with Gasteiger partial charge in [0.15, 0.2) is 11.0 Å². The lowest BCUT2D eigenvalue weighted by Gasteiger charge is -2.19. The third-order valence-corrected chi connectivity index (χ3v) is 7.76. The van der Waals surface area contributed by atoms with E-state index in [1.807, 2.05) is 19.9 Å². The van der Waals surface area contributed by atoms with E-state index < -0.39 is 10.0 Å². The first-order valence-electron chi connectivity index (χ1n) is 9.58. The Morgan fingerprint density at radius 2 is 1.85 bits per heavy atom. The highest BCUT2D eigenvalue weighted by Gasteiger charge is 2.24. The summed E-state index contributed by atoms with van der Waals surface area (Å²) in [4.78, 5) is 0.296. The van der Waals surface area contributed by atoms with Crippen molar-refractivity contribution in [1.29, 1.82) is 0 Å². The molecule has 0 saturated heterocycles. The van der Waals surface area contributed by atoms with Crippen molar-refractivity contribution in [3.63, 3.8) is 0 Å². The molecule has 6 nitrogen and oxygen atoms in total. The van der Waals surface area contributed by atoms with E-state index in [0.717, 1.165) is 35.1 Å². The van der Waals surface area contributed by atoms with Gasteiger partial charge in [-0.25, -0.2) is 8.42 Å². The van der Waals surface area contributed by atoms with Crippen LogP contribution in [-0.4, -0.2) is 46.3 Å². The largest absolute Gasteiger partial charge is 0.299 e. The van der Waals surface area contributed by atoms with E-state index in [-0.39, 0.29) is 6.04 Å². The fourth-order valence-electron chi connectivity index (χ4n) is 2.85. The van der Waals surface area contributed by atoms with Crippen LogP contribution in [-0.2, 0) is 10.0 Å². The quantitative estimate of drug-likeness (QED) is 0.541. The molecule has 27 heavy (non-hydrogen) atoms. The van der Waals surface area contributed by atoms with Crippen molar-refractivity contribution in [2.45, 2.75) is 63.6 Å². The summed E-state index contributed by atoms with van der Waals surface area (Å²) in [6, 6.07) is 7.27. The van der Waals surface area contributed by atoms with Gasteiger partial charge < -0.3 is 0 Å². The van der Waals surface area contributed by atoms with Crippen molar-refractivity contribution in [2.24, 2.45) is 0 Å². The first kappa shape index (κ1) is 21.9. The Labute approximate surface area is 167 Å². The van der Waals surface area contributed by atoms with Crippen molar-refractivity contribution in [3.8, 4) is 11.4 Å². The summed E-state index contributed by atoms with van der Waals surface area (Å²) in [5.74, 6) is 1.70. The van der Waals surface area contributed by atoms with E-state index in [0.29, 0.717) is 18.0 Å². The molecule has 0 aliphatic carbocycles. The number of hydrogen-bond donors (Lipinski definition) is 0. The first-order valence-corrected chi connectivity index (χ1v) is 12.0. The van der Waals surface area contributed by atoms with Crippen LogP contribution in [0, 0.1) is 0 Å². The van der Waals surface area contributed by atoms with Crippen LogP contribution in [0.5, 0.6) is 0 Å². The highest BCUT2D eigenvalue weighted by molar-refractivity contribution is 7.99. The fraction of sp³-hybridized carbons (Fsp3) is 0.579. The van der Waals surface area contributed by atoms with Crippen molar-refractivity contribution >= 4 is 21.8 Å². The standard InChI is InChI=1S/C19H30N4O2S2/c1-6-13-26-19-21-20-18(23(19)15(5)7-2)16-11-10-12-17(14-16)27(24,25)22(8-3)9-4/h10-12,14-15H,6-9,13H2,1-5H3. The van der Waals surface area contributed by atoms with Gasteiger partial charge in [-0.3, -0.25) is 4.57 Å². The number of rotatable bonds is 10. The third kappa shape index (κ3) is 4.73. The van der Waals surface area contributed by atoms with Gasteiger partial charge >= 0.3 is 0 Å². The average molecular weight is 411 g/mol. The zero-order valence-corrected chi connectivity index (χ0v) is 18.5. The lowest BCUT2D eigenvalue weighted by atomic mass is 10.2. The van der Waals surface area contributed by atoms with Crippen molar-refractivity contribution in [3.05, 3.63) is 24.3 Å². The van der Waals surface area contributed by atoms with E-state index in [1.54, 1.807) is 30.0 Å². The van der Waals surface area contributed by atoms with Crippen LogP contribution in [0.1, 0.15) is 53.5 Å². The van der Waals surface area contributed by atoms with Gasteiger partial charge in [0.25, 0.3) is 0 Å². The highest BCUT2D eigenvalue weighted by atomic mass is 32.2. The molecule has 0 bridgehead atoms. The molecule has 1 atom stereocenters.